The first kappa shape index (κ1) is 16.2. The number of ether oxygens (including phenoxy) is 1. The van der Waals surface area contributed by atoms with Crippen molar-refractivity contribution in [1.82, 2.24) is 4.90 Å². The largest absolute Gasteiger partial charge is 0.387 e. The summed E-state index contributed by atoms with van der Waals surface area (Å²) in [6, 6.07) is 6.63. The van der Waals surface area contributed by atoms with E-state index in [4.69, 9.17) is 4.74 Å². The maximum absolute atomic E-state index is 10.5. The molecule has 1 aromatic carbocycles. The zero-order valence-electron chi connectivity index (χ0n) is 12.8. The summed E-state index contributed by atoms with van der Waals surface area (Å²) in [7, 11) is 1.71. The number of hydrogen-bond acceptors (Lipinski definition) is 3. The molecule has 0 saturated carbocycles. The van der Waals surface area contributed by atoms with Gasteiger partial charge in [0.05, 0.1) is 12.7 Å². The number of hydrogen-bond donors (Lipinski definition) is 1. The average molecular weight is 265 g/mol. The number of rotatable bonds is 7. The smallest absolute Gasteiger partial charge is 0.0919 e. The summed E-state index contributed by atoms with van der Waals surface area (Å²) in [4.78, 5) is 2.25. The third kappa shape index (κ3) is 4.94. The molecule has 0 aliphatic heterocycles. The highest BCUT2D eigenvalue weighted by atomic mass is 16.5. The highest BCUT2D eigenvalue weighted by Crippen LogP contribution is 2.20. The van der Waals surface area contributed by atoms with E-state index in [1.54, 1.807) is 7.11 Å². The van der Waals surface area contributed by atoms with E-state index in [1.165, 1.54) is 5.56 Å². The minimum absolute atomic E-state index is 0.398. The third-order valence-electron chi connectivity index (χ3n) is 3.51. The van der Waals surface area contributed by atoms with E-state index in [2.05, 4.69) is 43.9 Å². The predicted molar refractivity (Wildman–Crippen MR) is 79.5 cm³/mol. The Hall–Kier alpha value is -0.900. The summed E-state index contributed by atoms with van der Waals surface area (Å²) in [6.07, 6.45) is -0.445. The van der Waals surface area contributed by atoms with Gasteiger partial charge in [-0.05, 0) is 38.8 Å². The predicted octanol–water partition coefficient (Wildman–Crippen LogP) is 2.69. The first-order valence-electron chi connectivity index (χ1n) is 6.94. The van der Waals surface area contributed by atoms with E-state index in [1.807, 2.05) is 6.92 Å². The second-order valence-electron chi connectivity index (χ2n) is 5.46. The van der Waals surface area contributed by atoms with Gasteiger partial charge in [-0.25, -0.2) is 0 Å². The molecule has 0 aliphatic carbocycles. The van der Waals surface area contributed by atoms with E-state index in [9.17, 15) is 5.11 Å². The van der Waals surface area contributed by atoms with E-state index >= 15 is 0 Å². The van der Waals surface area contributed by atoms with Gasteiger partial charge in [-0.2, -0.15) is 0 Å². The van der Waals surface area contributed by atoms with Crippen LogP contribution in [0.25, 0.3) is 0 Å². The van der Waals surface area contributed by atoms with Gasteiger partial charge >= 0.3 is 0 Å². The number of aryl methyl sites for hydroxylation is 2. The standard InChI is InChI=1S/C16H27NO2/c1-12(2)17(8-9-19-5)11-16(18)15-10-13(3)6-7-14(15)4/h6-7,10,12,16,18H,8-9,11H2,1-5H3. The summed E-state index contributed by atoms with van der Waals surface area (Å²) in [6.45, 7) is 10.6. The Labute approximate surface area is 117 Å². The van der Waals surface area contributed by atoms with E-state index in [-0.39, 0.29) is 0 Å². The van der Waals surface area contributed by atoms with Crippen molar-refractivity contribution in [2.24, 2.45) is 0 Å². The van der Waals surface area contributed by atoms with Crippen LogP contribution in [0.4, 0.5) is 0 Å². The maximum Gasteiger partial charge on any atom is 0.0919 e. The van der Waals surface area contributed by atoms with Gasteiger partial charge in [0.15, 0.2) is 0 Å². The number of aliphatic hydroxyl groups excluding tert-OH is 1. The van der Waals surface area contributed by atoms with Crippen LogP contribution in [0.15, 0.2) is 18.2 Å². The van der Waals surface area contributed by atoms with Crippen LogP contribution in [0.3, 0.4) is 0 Å². The molecule has 3 heteroatoms. The molecule has 19 heavy (non-hydrogen) atoms. The van der Waals surface area contributed by atoms with Crippen molar-refractivity contribution < 1.29 is 9.84 Å². The first-order chi connectivity index (χ1) is 8.95. The zero-order valence-corrected chi connectivity index (χ0v) is 12.8. The molecule has 1 aromatic rings. The van der Waals surface area contributed by atoms with Gasteiger partial charge in [-0.1, -0.05) is 23.8 Å². The average Bonchev–Trinajstić information content (AvgIpc) is 2.36. The first-order valence-corrected chi connectivity index (χ1v) is 6.94. The second-order valence-corrected chi connectivity index (χ2v) is 5.46. The monoisotopic (exact) mass is 265 g/mol. The lowest BCUT2D eigenvalue weighted by Gasteiger charge is -2.29. The van der Waals surface area contributed by atoms with Gasteiger partial charge < -0.3 is 9.84 Å². The molecule has 1 N–H and O–H groups in total. The highest BCUT2D eigenvalue weighted by molar-refractivity contribution is 5.32. The van der Waals surface area contributed by atoms with Crippen molar-refractivity contribution in [3.05, 3.63) is 34.9 Å². The summed E-state index contributed by atoms with van der Waals surface area (Å²) in [5, 5.41) is 10.5. The molecule has 0 radical (unpaired) electrons. The van der Waals surface area contributed by atoms with Crippen LogP contribution in [0.2, 0.25) is 0 Å². The lowest BCUT2D eigenvalue weighted by molar-refractivity contribution is 0.0718. The molecule has 0 saturated heterocycles. The lowest BCUT2D eigenvalue weighted by Crippen LogP contribution is -2.37. The molecular weight excluding hydrogens is 238 g/mol. The molecule has 1 atom stereocenters. The van der Waals surface area contributed by atoms with Gasteiger partial charge in [-0.3, -0.25) is 4.90 Å². The highest BCUT2D eigenvalue weighted by Gasteiger charge is 2.17. The van der Waals surface area contributed by atoms with E-state index in [0.717, 1.165) is 17.7 Å². The Kier molecular flexibility index (Phi) is 6.49. The number of benzene rings is 1. The van der Waals surface area contributed by atoms with Crippen molar-refractivity contribution in [3.8, 4) is 0 Å². The molecule has 0 spiro atoms. The molecule has 0 aromatic heterocycles. The lowest BCUT2D eigenvalue weighted by atomic mass is 10.00. The Balaban J connectivity index is 2.75. The molecule has 1 rings (SSSR count). The molecule has 0 aliphatic rings. The van der Waals surface area contributed by atoms with Gasteiger partial charge in [0.1, 0.15) is 0 Å². The van der Waals surface area contributed by atoms with Crippen LogP contribution in [0.1, 0.15) is 36.6 Å². The SMILES string of the molecule is COCCN(CC(O)c1cc(C)ccc1C)C(C)C. The summed E-state index contributed by atoms with van der Waals surface area (Å²) in [5.74, 6) is 0. The summed E-state index contributed by atoms with van der Waals surface area (Å²) < 4.78 is 5.13. The van der Waals surface area contributed by atoms with Crippen molar-refractivity contribution in [2.45, 2.75) is 39.8 Å². The van der Waals surface area contributed by atoms with E-state index in [0.29, 0.717) is 19.2 Å². The second kappa shape index (κ2) is 7.63. The molecule has 3 nitrogen and oxygen atoms in total. The van der Waals surface area contributed by atoms with Crippen molar-refractivity contribution in [2.75, 3.05) is 26.8 Å². The van der Waals surface area contributed by atoms with E-state index < -0.39 is 6.10 Å². The molecule has 0 fully saturated rings. The fourth-order valence-corrected chi connectivity index (χ4v) is 2.21. The number of methoxy groups -OCH3 is 1. The Morgan fingerprint density at radius 3 is 2.53 bits per heavy atom. The summed E-state index contributed by atoms with van der Waals surface area (Å²) in [5.41, 5.74) is 3.37. The molecule has 0 heterocycles. The molecule has 108 valence electrons. The van der Waals surface area contributed by atoms with Crippen LogP contribution in [-0.4, -0.2) is 42.9 Å². The van der Waals surface area contributed by atoms with Crippen LogP contribution in [-0.2, 0) is 4.74 Å². The van der Waals surface area contributed by atoms with Crippen molar-refractivity contribution >= 4 is 0 Å². The van der Waals surface area contributed by atoms with Crippen molar-refractivity contribution in [3.63, 3.8) is 0 Å². The van der Waals surface area contributed by atoms with Gasteiger partial charge in [0.25, 0.3) is 0 Å². The molecular formula is C16H27NO2. The number of nitrogens with zero attached hydrogens (tertiary/aromatic N) is 1. The van der Waals surface area contributed by atoms with Crippen LogP contribution in [0.5, 0.6) is 0 Å². The Bertz CT molecular complexity index is 390. The van der Waals surface area contributed by atoms with Gasteiger partial charge in [0, 0.05) is 26.2 Å². The minimum Gasteiger partial charge on any atom is -0.387 e. The quantitative estimate of drug-likeness (QED) is 0.823. The normalized spacial score (nSPS) is 13.3. The fourth-order valence-electron chi connectivity index (χ4n) is 2.21. The van der Waals surface area contributed by atoms with Crippen LogP contribution < -0.4 is 0 Å². The number of aliphatic hydroxyl groups is 1. The van der Waals surface area contributed by atoms with Crippen LogP contribution in [0, 0.1) is 13.8 Å². The molecule has 1 unspecified atom stereocenters. The van der Waals surface area contributed by atoms with Crippen LogP contribution >= 0.6 is 0 Å². The van der Waals surface area contributed by atoms with Crippen molar-refractivity contribution in [1.29, 1.82) is 0 Å². The van der Waals surface area contributed by atoms with Gasteiger partial charge in [-0.15, -0.1) is 0 Å². The molecule has 0 amide bonds. The maximum atomic E-state index is 10.5. The molecule has 0 bridgehead atoms. The topological polar surface area (TPSA) is 32.7 Å². The Morgan fingerprint density at radius 2 is 1.95 bits per heavy atom. The summed E-state index contributed by atoms with van der Waals surface area (Å²) >= 11 is 0. The Morgan fingerprint density at radius 1 is 1.26 bits per heavy atom. The fraction of sp³-hybridized carbons (Fsp3) is 0.625. The van der Waals surface area contributed by atoms with Gasteiger partial charge in [0.2, 0.25) is 0 Å². The third-order valence-corrected chi connectivity index (χ3v) is 3.51. The zero-order chi connectivity index (χ0) is 14.4. The minimum atomic E-state index is -0.445.